The maximum absolute atomic E-state index is 12.5. The van der Waals surface area contributed by atoms with Crippen LogP contribution in [-0.2, 0) is 4.74 Å². The second kappa shape index (κ2) is 7.97. The van der Waals surface area contributed by atoms with Crippen LogP contribution in [-0.4, -0.2) is 62.1 Å². The lowest BCUT2D eigenvalue weighted by Crippen LogP contribution is -2.44. The van der Waals surface area contributed by atoms with Gasteiger partial charge in [-0.25, -0.2) is 4.79 Å². The molecule has 1 aromatic carbocycles. The second-order valence-electron chi connectivity index (χ2n) is 6.21. The minimum Gasteiger partial charge on any atom is -0.465 e. The third kappa shape index (κ3) is 4.18. The molecular formula is C19H22N4O3. The zero-order valence-electron chi connectivity index (χ0n) is 14.9. The highest BCUT2D eigenvalue weighted by Gasteiger charge is 2.16. The molecular weight excluding hydrogens is 332 g/mol. The Morgan fingerprint density at radius 2 is 1.77 bits per heavy atom. The number of benzene rings is 1. The molecule has 7 nitrogen and oxygen atoms in total. The van der Waals surface area contributed by atoms with Gasteiger partial charge < -0.3 is 19.9 Å². The lowest BCUT2D eigenvalue weighted by molar-refractivity contribution is 0.0600. The summed E-state index contributed by atoms with van der Waals surface area (Å²) >= 11 is 0. The number of anilines is 2. The summed E-state index contributed by atoms with van der Waals surface area (Å²) in [6.45, 7) is 3.85. The number of rotatable bonds is 4. The molecule has 0 bridgehead atoms. The molecule has 2 aromatic rings. The van der Waals surface area contributed by atoms with Crippen LogP contribution in [0.15, 0.2) is 42.6 Å². The fraction of sp³-hybridized carbons (Fsp3) is 0.316. The van der Waals surface area contributed by atoms with Crippen molar-refractivity contribution < 1.29 is 14.3 Å². The van der Waals surface area contributed by atoms with Crippen LogP contribution in [0.5, 0.6) is 0 Å². The lowest BCUT2D eigenvalue weighted by Gasteiger charge is -2.34. The Morgan fingerprint density at radius 3 is 2.42 bits per heavy atom. The number of hydrogen-bond acceptors (Lipinski definition) is 6. The number of piperazine rings is 1. The van der Waals surface area contributed by atoms with E-state index in [4.69, 9.17) is 0 Å². The van der Waals surface area contributed by atoms with Gasteiger partial charge in [0.2, 0.25) is 0 Å². The average Bonchev–Trinajstić information content (AvgIpc) is 2.68. The number of aromatic nitrogens is 1. The van der Waals surface area contributed by atoms with Gasteiger partial charge in [0.25, 0.3) is 5.91 Å². The van der Waals surface area contributed by atoms with Gasteiger partial charge in [-0.2, -0.15) is 0 Å². The summed E-state index contributed by atoms with van der Waals surface area (Å²) in [4.78, 5) is 32.6. The van der Waals surface area contributed by atoms with E-state index in [1.807, 2.05) is 12.1 Å². The van der Waals surface area contributed by atoms with E-state index >= 15 is 0 Å². The number of hydrogen-bond donors (Lipinski definition) is 1. The molecule has 2 heterocycles. The number of esters is 1. The number of likely N-dealkylation sites (N-methyl/N-ethyl adjacent to an activating group) is 1. The van der Waals surface area contributed by atoms with Crippen LogP contribution >= 0.6 is 0 Å². The van der Waals surface area contributed by atoms with Gasteiger partial charge in [-0.15, -0.1) is 0 Å². The van der Waals surface area contributed by atoms with Gasteiger partial charge >= 0.3 is 5.97 Å². The number of amides is 1. The topological polar surface area (TPSA) is 74.8 Å². The average molecular weight is 354 g/mol. The monoisotopic (exact) mass is 354 g/mol. The molecule has 0 aliphatic carbocycles. The molecule has 1 N–H and O–H groups in total. The van der Waals surface area contributed by atoms with Crippen LogP contribution < -0.4 is 10.2 Å². The zero-order chi connectivity index (χ0) is 18.5. The molecule has 0 radical (unpaired) electrons. The van der Waals surface area contributed by atoms with Gasteiger partial charge in [0.15, 0.2) is 0 Å². The summed E-state index contributed by atoms with van der Waals surface area (Å²) in [6, 6.07) is 10.3. The Labute approximate surface area is 152 Å². The first kappa shape index (κ1) is 17.9. The van der Waals surface area contributed by atoms with Crippen molar-refractivity contribution in [2.24, 2.45) is 0 Å². The Hall–Kier alpha value is -2.93. The molecule has 1 saturated heterocycles. The predicted molar refractivity (Wildman–Crippen MR) is 99.7 cm³/mol. The highest BCUT2D eigenvalue weighted by atomic mass is 16.5. The van der Waals surface area contributed by atoms with E-state index in [2.05, 4.69) is 31.9 Å². The van der Waals surface area contributed by atoms with Gasteiger partial charge in [-0.05, 0) is 43.4 Å². The fourth-order valence-corrected chi connectivity index (χ4v) is 2.81. The third-order valence-electron chi connectivity index (χ3n) is 4.41. The summed E-state index contributed by atoms with van der Waals surface area (Å²) in [5, 5.41) is 2.80. The van der Waals surface area contributed by atoms with Crippen LogP contribution in [0.1, 0.15) is 20.8 Å². The number of carbonyl (C=O) groups excluding carboxylic acids is 2. The van der Waals surface area contributed by atoms with E-state index < -0.39 is 5.97 Å². The Balaban J connectivity index is 1.68. The summed E-state index contributed by atoms with van der Waals surface area (Å²) in [6.07, 6.45) is 1.66. The Morgan fingerprint density at radius 1 is 1.08 bits per heavy atom. The number of nitrogens with zero attached hydrogens (tertiary/aromatic N) is 3. The van der Waals surface area contributed by atoms with Crippen LogP contribution in [0, 0.1) is 0 Å². The van der Waals surface area contributed by atoms with Gasteiger partial charge in [-0.3, -0.25) is 9.78 Å². The van der Waals surface area contributed by atoms with Gasteiger partial charge in [0, 0.05) is 43.8 Å². The van der Waals surface area contributed by atoms with Gasteiger partial charge in [-0.1, -0.05) is 0 Å². The second-order valence-corrected chi connectivity index (χ2v) is 6.21. The fourth-order valence-electron chi connectivity index (χ4n) is 2.81. The molecule has 26 heavy (non-hydrogen) atoms. The van der Waals surface area contributed by atoms with E-state index in [1.165, 1.54) is 7.11 Å². The van der Waals surface area contributed by atoms with Crippen molar-refractivity contribution in [2.75, 3.05) is 50.6 Å². The number of carbonyl (C=O) groups is 2. The SMILES string of the molecule is COC(=O)c1ccc(NC(=O)c2cc(N3CCN(C)CC3)ccn2)cc1. The maximum atomic E-state index is 12.5. The maximum Gasteiger partial charge on any atom is 0.337 e. The van der Waals surface area contributed by atoms with Crippen molar-refractivity contribution in [1.82, 2.24) is 9.88 Å². The molecule has 7 heteroatoms. The molecule has 1 aromatic heterocycles. The molecule has 1 aliphatic rings. The number of nitrogens with one attached hydrogen (secondary N) is 1. The normalized spacial score (nSPS) is 14.8. The molecule has 1 amide bonds. The minimum absolute atomic E-state index is 0.285. The molecule has 0 unspecified atom stereocenters. The van der Waals surface area contributed by atoms with E-state index in [-0.39, 0.29) is 5.91 Å². The number of pyridine rings is 1. The smallest absolute Gasteiger partial charge is 0.337 e. The van der Waals surface area contributed by atoms with Crippen molar-refractivity contribution in [3.05, 3.63) is 53.9 Å². The number of methoxy groups -OCH3 is 1. The van der Waals surface area contributed by atoms with E-state index in [0.717, 1.165) is 31.9 Å². The molecule has 1 aliphatic heterocycles. The Bertz CT molecular complexity index is 784. The lowest BCUT2D eigenvalue weighted by atomic mass is 10.2. The van der Waals surface area contributed by atoms with Crippen molar-refractivity contribution in [3.8, 4) is 0 Å². The molecule has 0 atom stereocenters. The highest BCUT2D eigenvalue weighted by Crippen LogP contribution is 2.18. The zero-order valence-corrected chi connectivity index (χ0v) is 14.9. The third-order valence-corrected chi connectivity index (χ3v) is 4.41. The van der Waals surface area contributed by atoms with Crippen LogP contribution in [0.4, 0.5) is 11.4 Å². The summed E-state index contributed by atoms with van der Waals surface area (Å²) in [5.41, 5.74) is 2.38. The quantitative estimate of drug-likeness (QED) is 0.845. The molecule has 3 rings (SSSR count). The Kier molecular flexibility index (Phi) is 5.48. The van der Waals surface area contributed by atoms with Crippen LogP contribution in [0.3, 0.4) is 0 Å². The van der Waals surface area contributed by atoms with Crippen molar-refractivity contribution in [3.63, 3.8) is 0 Å². The van der Waals surface area contributed by atoms with Crippen LogP contribution in [0.25, 0.3) is 0 Å². The van der Waals surface area contributed by atoms with E-state index in [0.29, 0.717) is 16.9 Å². The van der Waals surface area contributed by atoms with Crippen LogP contribution in [0.2, 0.25) is 0 Å². The predicted octanol–water partition coefficient (Wildman–Crippen LogP) is 1.87. The van der Waals surface area contributed by atoms with Crippen molar-refractivity contribution in [2.45, 2.75) is 0 Å². The minimum atomic E-state index is -0.413. The van der Waals surface area contributed by atoms with Crippen molar-refractivity contribution >= 4 is 23.3 Å². The molecule has 136 valence electrons. The number of ether oxygens (including phenoxy) is 1. The van der Waals surface area contributed by atoms with Gasteiger partial charge in [0.1, 0.15) is 5.69 Å². The van der Waals surface area contributed by atoms with Gasteiger partial charge in [0.05, 0.1) is 12.7 Å². The standard InChI is InChI=1S/C19H22N4O3/c1-22-9-11-23(12-10-22)16-7-8-20-17(13-16)18(24)21-15-5-3-14(4-6-15)19(25)26-2/h3-8,13H,9-12H2,1-2H3,(H,21,24). The van der Waals surface area contributed by atoms with E-state index in [9.17, 15) is 9.59 Å². The summed E-state index contributed by atoms with van der Waals surface area (Å²) in [5.74, 6) is -0.698. The highest BCUT2D eigenvalue weighted by molar-refractivity contribution is 6.03. The van der Waals surface area contributed by atoms with E-state index in [1.54, 1.807) is 30.5 Å². The first-order valence-electron chi connectivity index (χ1n) is 8.46. The largest absolute Gasteiger partial charge is 0.465 e. The summed E-state index contributed by atoms with van der Waals surface area (Å²) in [7, 11) is 3.44. The molecule has 0 saturated carbocycles. The van der Waals surface area contributed by atoms with Crippen molar-refractivity contribution in [1.29, 1.82) is 0 Å². The molecule has 0 spiro atoms. The first-order valence-corrected chi connectivity index (χ1v) is 8.46. The summed E-state index contributed by atoms with van der Waals surface area (Å²) < 4.78 is 4.66. The first-order chi connectivity index (χ1) is 12.6. The molecule has 1 fully saturated rings.